The van der Waals surface area contributed by atoms with Crippen LogP contribution in [-0.4, -0.2) is 67.8 Å². The van der Waals surface area contributed by atoms with Crippen molar-refractivity contribution < 1.29 is 24.2 Å². The number of rotatable bonds is 10. The Balaban J connectivity index is 1.34. The number of aliphatic hydroxyl groups is 1. The minimum absolute atomic E-state index is 0.0544. The number of alkyl halides is 1. The van der Waals surface area contributed by atoms with E-state index in [4.69, 9.17) is 4.74 Å². The number of hydrogen-bond acceptors (Lipinski definition) is 6. The van der Waals surface area contributed by atoms with Gasteiger partial charge in [-0.05, 0) is 72.9 Å². The van der Waals surface area contributed by atoms with Crippen LogP contribution in [0.5, 0.6) is 5.75 Å². The second kappa shape index (κ2) is 12.4. The second-order valence-electron chi connectivity index (χ2n) is 12.4. The van der Waals surface area contributed by atoms with E-state index < -0.39 is 28.7 Å². The van der Waals surface area contributed by atoms with E-state index in [1.54, 1.807) is 40.9 Å². The van der Waals surface area contributed by atoms with Gasteiger partial charge >= 0.3 is 0 Å². The number of anilines is 2. The number of halogens is 1. The number of nitrogens with one attached hydrogen (secondary N) is 2. The van der Waals surface area contributed by atoms with Crippen molar-refractivity contribution in [1.29, 1.82) is 0 Å². The van der Waals surface area contributed by atoms with Gasteiger partial charge in [0.2, 0.25) is 17.7 Å². The lowest BCUT2D eigenvalue weighted by Crippen LogP contribution is -2.55. The molecule has 3 saturated heterocycles. The highest BCUT2D eigenvalue weighted by Gasteiger charge is 2.76. The largest absolute Gasteiger partial charge is 0.494 e. The average Bonchev–Trinajstić information content (AvgIpc) is 3.60. The maximum absolute atomic E-state index is 14.5. The van der Waals surface area contributed by atoms with Crippen LogP contribution in [0, 0.1) is 17.8 Å². The van der Waals surface area contributed by atoms with Gasteiger partial charge in [0, 0.05) is 21.5 Å². The molecule has 3 aromatic rings. The van der Waals surface area contributed by atoms with Crippen LogP contribution >= 0.6 is 27.7 Å². The quantitative estimate of drug-likeness (QED) is 0.238. The third kappa shape index (κ3) is 5.39. The van der Waals surface area contributed by atoms with Gasteiger partial charge < -0.3 is 25.4 Å². The van der Waals surface area contributed by atoms with Crippen LogP contribution < -0.4 is 15.4 Å². The molecule has 0 aromatic heterocycles. The molecule has 6 rings (SSSR count). The molecule has 7 atom stereocenters. The molecule has 3 heterocycles. The first kappa shape index (κ1) is 30.9. The summed E-state index contributed by atoms with van der Waals surface area (Å²) in [5.41, 5.74) is 1.26. The zero-order chi connectivity index (χ0) is 31.2. The zero-order valence-corrected chi connectivity index (χ0v) is 27.4. The average molecular weight is 681 g/mol. The van der Waals surface area contributed by atoms with Crippen LogP contribution in [0.15, 0.2) is 66.7 Å². The number of hydrogen-bond donors (Lipinski definition) is 3. The second-order valence-corrected chi connectivity index (χ2v) is 15.1. The van der Waals surface area contributed by atoms with Gasteiger partial charge in [-0.1, -0.05) is 60.1 Å². The summed E-state index contributed by atoms with van der Waals surface area (Å²) in [5.74, 6) is -1.20. The van der Waals surface area contributed by atoms with Crippen LogP contribution in [0.4, 0.5) is 11.4 Å². The van der Waals surface area contributed by atoms with E-state index in [2.05, 4.69) is 26.6 Å². The Morgan fingerprint density at radius 1 is 1.05 bits per heavy atom. The molecule has 0 saturated carbocycles. The molecule has 3 aliphatic rings. The van der Waals surface area contributed by atoms with Gasteiger partial charge in [-0.2, -0.15) is 0 Å². The molecule has 3 amide bonds. The summed E-state index contributed by atoms with van der Waals surface area (Å²) in [4.78, 5) is 44.4. The molecule has 0 radical (unpaired) electrons. The number of nitrogens with zero attached hydrogens (tertiary/aromatic N) is 1. The van der Waals surface area contributed by atoms with E-state index in [0.29, 0.717) is 36.6 Å². The van der Waals surface area contributed by atoms with Crippen molar-refractivity contribution in [3.63, 3.8) is 0 Å². The molecule has 3 aromatic carbocycles. The lowest BCUT2D eigenvalue weighted by Gasteiger charge is -2.37. The van der Waals surface area contributed by atoms with Gasteiger partial charge in [0.05, 0.1) is 35.8 Å². The third-order valence-corrected chi connectivity index (χ3v) is 12.3. The Kier molecular flexibility index (Phi) is 8.69. The summed E-state index contributed by atoms with van der Waals surface area (Å²) >= 11 is 5.41. The Morgan fingerprint density at radius 3 is 2.41 bits per heavy atom. The summed E-state index contributed by atoms with van der Waals surface area (Å²) in [6.07, 6.45) is 1.11. The highest BCUT2D eigenvalue weighted by Crippen LogP contribution is 2.68. The van der Waals surface area contributed by atoms with Gasteiger partial charge in [-0.3, -0.25) is 14.4 Å². The number of thioether (sulfide) groups is 1. The van der Waals surface area contributed by atoms with E-state index in [9.17, 15) is 19.5 Å². The fraction of sp³-hybridized carbons (Fsp3) is 0.441. The summed E-state index contributed by atoms with van der Waals surface area (Å²) in [7, 11) is 0. The molecule has 2 bridgehead atoms. The van der Waals surface area contributed by atoms with Gasteiger partial charge in [-0.15, -0.1) is 11.8 Å². The standard InChI is InChI=1S/C34H38BrN3O5S/c1-4-43-25-13-11-22(12-14-25)36-31(40)27-28-33(42)38(24(18-39)15-19(2)3)30(34(28)17-26(35)29(27)44-34)32(41)37-23-10-9-20-7-5-6-8-21(20)16-23/h5-14,16,19,24,26-30,39H,4,15,17-18H2,1-3H3,(H,36,40)(H,37,41)/t24-,26?,27+,28+,29+,30?,34?/m1/s1. The van der Waals surface area contributed by atoms with Crippen molar-refractivity contribution in [2.75, 3.05) is 23.8 Å². The smallest absolute Gasteiger partial charge is 0.248 e. The Hall–Kier alpha value is -3.08. The van der Waals surface area contributed by atoms with E-state index in [0.717, 1.165) is 10.8 Å². The number of carbonyl (C=O) groups is 3. The summed E-state index contributed by atoms with van der Waals surface area (Å²) in [6, 6.07) is 19.5. The molecule has 3 aliphatic heterocycles. The van der Waals surface area contributed by atoms with Crippen molar-refractivity contribution in [1.82, 2.24) is 4.90 Å². The maximum atomic E-state index is 14.5. The molecule has 0 aliphatic carbocycles. The van der Waals surface area contributed by atoms with Crippen molar-refractivity contribution >= 4 is 67.6 Å². The number of aliphatic hydroxyl groups excluding tert-OH is 1. The summed E-state index contributed by atoms with van der Waals surface area (Å²) < 4.78 is 4.71. The highest BCUT2D eigenvalue weighted by molar-refractivity contribution is 9.09. The molecule has 3 N–H and O–H groups in total. The van der Waals surface area contributed by atoms with Crippen molar-refractivity contribution in [2.24, 2.45) is 17.8 Å². The Bertz CT molecular complexity index is 1570. The lowest BCUT2D eigenvalue weighted by atomic mass is 9.70. The van der Waals surface area contributed by atoms with Gasteiger partial charge in [0.25, 0.3) is 0 Å². The van der Waals surface area contributed by atoms with Crippen LogP contribution in [0.1, 0.15) is 33.6 Å². The number of amides is 3. The minimum Gasteiger partial charge on any atom is -0.494 e. The summed E-state index contributed by atoms with van der Waals surface area (Å²) in [6.45, 7) is 6.27. The van der Waals surface area contributed by atoms with E-state index >= 15 is 0 Å². The fourth-order valence-corrected chi connectivity index (χ4v) is 11.0. The summed E-state index contributed by atoms with van der Waals surface area (Å²) in [5, 5.41) is 18.6. The molecular formula is C34H38BrN3O5S. The van der Waals surface area contributed by atoms with E-state index in [-0.39, 0.29) is 40.3 Å². The van der Waals surface area contributed by atoms with Crippen molar-refractivity contribution in [3.05, 3.63) is 66.7 Å². The molecule has 1 spiro atoms. The first-order chi connectivity index (χ1) is 21.2. The SMILES string of the molecule is CCOc1ccc(NC(=O)[C@H]2[C@H]3C(=O)N([C@@H](CO)CC(C)C)C(C(=O)Nc4ccc5ccccc5c4)C34CC(Br)[C@@H]2S4)cc1. The van der Waals surface area contributed by atoms with E-state index in [1.165, 1.54) is 0 Å². The van der Waals surface area contributed by atoms with Gasteiger partial charge in [0.15, 0.2) is 0 Å². The first-order valence-corrected chi connectivity index (χ1v) is 17.0. The topological polar surface area (TPSA) is 108 Å². The fourth-order valence-electron chi connectivity index (χ4n) is 7.38. The molecule has 10 heteroatoms. The number of benzene rings is 3. The van der Waals surface area contributed by atoms with E-state index in [1.807, 2.05) is 63.2 Å². The molecule has 44 heavy (non-hydrogen) atoms. The molecular weight excluding hydrogens is 642 g/mol. The first-order valence-electron chi connectivity index (χ1n) is 15.2. The Labute approximate surface area is 270 Å². The van der Waals surface area contributed by atoms with Crippen LogP contribution in [-0.2, 0) is 14.4 Å². The van der Waals surface area contributed by atoms with Crippen molar-refractivity contribution in [3.8, 4) is 5.75 Å². The van der Waals surface area contributed by atoms with Crippen LogP contribution in [0.25, 0.3) is 10.8 Å². The minimum atomic E-state index is -0.847. The number of carbonyl (C=O) groups excluding carboxylic acids is 3. The molecule has 3 unspecified atom stereocenters. The van der Waals surface area contributed by atoms with Crippen LogP contribution in [0.2, 0.25) is 0 Å². The normalized spacial score (nSPS) is 27.9. The lowest BCUT2D eigenvalue weighted by molar-refractivity contribution is -0.141. The third-order valence-electron chi connectivity index (χ3n) is 9.08. The molecule has 3 fully saturated rings. The van der Waals surface area contributed by atoms with Crippen molar-refractivity contribution in [2.45, 2.75) is 60.5 Å². The maximum Gasteiger partial charge on any atom is 0.248 e. The number of fused-ring (bicyclic) bond motifs is 2. The molecule has 8 nitrogen and oxygen atoms in total. The monoisotopic (exact) mass is 679 g/mol. The van der Waals surface area contributed by atoms with Crippen LogP contribution in [0.3, 0.4) is 0 Å². The Morgan fingerprint density at radius 2 is 1.73 bits per heavy atom. The predicted octanol–water partition coefficient (Wildman–Crippen LogP) is 5.69. The molecule has 232 valence electrons. The number of ether oxygens (including phenoxy) is 1. The predicted molar refractivity (Wildman–Crippen MR) is 178 cm³/mol. The zero-order valence-electron chi connectivity index (χ0n) is 25.0. The highest BCUT2D eigenvalue weighted by atomic mass is 79.9. The van der Waals surface area contributed by atoms with Gasteiger partial charge in [-0.25, -0.2) is 0 Å². The van der Waals surface area contributed by atoms with Gasteiger partial charge in [0.1, 0.15) is 11.8 Å². The number of likely N-dealkylation sites (tertiary alicyclic amines) is 1.